The molecular formula is C20H27FN2O6. The number of amides is 2. The van der Waals surface area contributed by atoms with E-state index in [1.165, 1.54) is 18.2 Å². The van der Waals surface area contributed by atoms with E-state index >= 15 is 0 Å². The van der Waals surface area contributed by atoms with E-state index in [1.807, 2.05) is 0 Å². The highest BCUT2D eigenvalue weighted by Crippen LogP contribution is 2.19. The summed E-state index contributed by atoms with van der Waals surface area (Å²) in [6.07, 6.45) is 1.85. The van der Waals surface area contributed by atoms with E-state index in [2.05, 4.69) is 10.6 Å². The van der Waals surface area contributed by atoms with E-state index in [1.54, 1.807) is 0 Å². The summed E-state index contributed by atoms with van der Waals surface area (Å²) in [5.74, 6) is -0.752. The zero-order chi connectivity index (χ0) is 20.5. The van der Waals surface area contributed by atoms with Gasteiger partial charge in [-0.25, -0.2) is 4.39 Å². The van der Waals surface area contributed by atoms with Crippen LogP contribution in [0.2, 0.25) is 0 Å². The minimum Gasteiger partial charge on any atom is -0.381 e. The summed E-state index contributed by atoms with van der Waals surface area (Å²) in [4.78, 5) is 24.0. The first-order valence-corrected chi connectivity index (χ1v) is 9.80. The van der Waals surface area contributed by atoms with Gasteiger partial charge in [0, 0.05) is 36.4 Å². The van der Waals surface area contributed by atoms with Crippen LogP contribution in [0.25, 0.3) is 0 Å². The number of carbonyl (C=O) groups is 2. The third kappa shape index (κ3) is 7.69. The lowest BCUT2D eigenvalue weighted by molar-refractivity contribution is -0.121. The quantitative estimate of drug-likeness (QED) is 0.611. The monoisotopic (exact) mass is 410 g/mol. The summed E-state index contributed by atoms with van der Waals surface area (Å²) in [6.45, 7) is 3.37. The lowest BCUT2D eigenvalue weighted by Gasteiger charge is -2.12. The average Bonchev–Trinajstić information content (AvgIpc) is 3.35. The molecule has 0 aromatic heterocycles. The topological polar surface area (TPSA) is 95.1 Å². The van der Waals surface area contributed by atoms with Crippen molar-refractivity contribution in [3.8, 4) is 0 Å². The molecule has 2 atom stereocenters. The van der Waals surface area contributed by atoms with Gasteiger partial charge in [-0.15, -0.1) is 0 Å². The van der Waals surface area contributed by atoms with Crippen LogP contribution in [0.3, 0.4) is 0 Å². The van der Waals surface area contributed by atoms with Gasteiger partial charge in [0.1, 0.15) is 19.0 Å². The van der Waals surface area contributed by atoms with Crippen LogP contribution in [0.4, 0.5) is 15.8 Å². The molecule has 0 spiro atoms. The van der Waals surface area contributed by atoms with Crippen molar-refractivity contribution >= 4 is 23.2 Å². The number of halogens is 1. The Morgan fingerprint density at radius 2 is 1.38 bits per heavy atom. The van der Waals surface area contributed by atoms with Gasteiger partial charge in [0.05, 0.1) is 26.4 Å². The van der Waals surface area contributed by atoms with Crippen LogP contribution in [-0.2, 0) is 28.5 Å². The zero-order valence-corrected chi connectivity index (χ0v) is 16.3. The molecule has 2 unspecified atom stereocenters. The van der Waals surface area contributed by atoms with E-state index in [0.717, 1.165) is 26.1 Å². The third-order valence-electron chi connectivity index (χ3n) is 4.69. The average molecular weight is 410 g/mol. The van der Waals surface area contributed by atoms with Gasteiger partial charge in [-0.2, -0.15) is 0 Å². The molecular weight excluding hydrogens is 383 g/mol. The molecule has 2 amide bonds. The number of rotatable bonds is 10. The SMILES string of the molecule is O=C(COCC1CCOC1)Nc1cc(F)cc(NC(=O)COCC2CCOC2)c1. The third-order valence-corrected chi connectivity index (χ3v) is 4.69. The molecule has 160 valence electrons. The largest absolute Gasteiger partial charge is 0.381 e. The molecule has 0 radical (unpaired) electrons. The zero-order valence-electron chi connectivity index (χ0n) is 16.3. The summed E-state index contributed by atoms with van der Waals surface area (Å²) >= 11 is 0. The molecule has 8 nitrogen and oxygen atoms in total. The summed E-state index contributed by atoms with van der Waals surface area (Å²) in [7, 11) is 0. The van der Waals surface area contributed by atoms with E-state index in [4.69, 9.17) is 18.9 Å². The number of ether oxygens (including phenoxy) is 4. The first-order valence-electron chi connectivity index (χ1n) is 9.80. The summed E-state index contributed by atoms with van der Waals surface area (Å²) in [5.41, 5.74) is 0.476. The Balaban J connectivity index is 1.40. The number of hydrogen-bond acceptors (Lipinski definition) is 6. The number of anilines is 2. The molecule has 29 heavy (non-hydrogen) atoms. The summed E-state index contributed by atoms with van der Waals surface area (Å²) in [5, 5.41) is 5.14. The highest BCUT2D eigenvalue weighted by molar-refractivity contribution is 5.95. The van der Waals surface area contributed by atoms with Crippen LogP contribution in [0.1, 0.15) is 12.8 Å². The molecule has 0 bridgehead atoms. The van der Waals surface area contributed by atoms with Crippen molar-refractivity contribution in [2.24, 2.45) is 11.8 Å². The molecule has 2 N–H and O–H groups in total. The molecule has 2 fully saturated rings. The maximum Gasteiger partial charge on any atom is 0.250 e. The second-order valence-electron chi connectivity index (χ2n) is 7.31. The predicted octanol–water partition coefficient (Wildman–Crippen LogP) is 1.81. The van der Waals surface area contributed by atoms with Crippen LogP contribution in [0.15, 0.2) is 18.2 Å². The second kappa shape index (κ2) is 11.2. The maximum atomic E-state index is 13.8. The van der Waals surface area contributed by atoms with Crippen molar-refractivity contribution in [1.29, 1.82) is 0 Å². The molecule has 1 aromatic rings. The molecule has 0 aliphatic carbocycles. The van der Waals surface area contributed by atoms with Crippen molar-refractivity contribution in [1.82, 2.24) is 0 Å². The van der Waals surface area contributed by atoms with Crippen LogP contribution in [0.5, 0.6) is 0 Å². The fourth-order valence-corrected chi connectivity index (χ4v) is 3.19. The van der Waals surface area contributed by atoms with Crippen molar-refractivity contribution in [2.75, 3.05) is 63.5 Å². The van der Waals surface area contributed by atoms with E-state index in [0.29, 0.717) is 38.3 Å². The van der Waals surface area contributed by atoms with Gasteiger partial charge in [0.15, 0.2) is 0 Å². The Bertz CT molecular complexity index is 635. The predicted molar refractivity (Wildman–Crippen MR) is 103 cm³/mol. The minimum absolute atomic E-state index is 0.132. The molecule has 2 saturated heterocycles. The highest BCUT2D eigenvalue weighted by atomic mass is 19.1. The van der Waals surface area contributed by atoms with E-state index < -0.39 is 17.6 Å². The fraction of sp³-hybridized carbons (Fsp3) is 0.600. The first kappa shape index (κ1) is 21.6. The van der Waals surface area contributed by atoms with Crippen LogP contribution in [-0.4, -0.2) is 64.7 Å². The number of hydrogen-bond donors (Lipinski definition) is 2. The Morgan fingerprint density at radius 3 is 1.79 bits per heavy atom. The first-order chi connectivity index (χ1) is 14.1. The van der Waals surface area contributed by atoms with Gasteiger partial charge >= 0.3 is 0 Å². The van der Waals surface area contributed by atoms with Gasteiger partial charge in [0.2, 0.25) is 11.8 Å². The van der Waals surface area contributed by atoms with Crippen molar-refractivity contribution in [2.45, 2.75) is 12.8 Å². The van der Waals surface area contributed by atoms with Crippen LogP contribution >= 0.6 is 0 Å². The maximum absolute atomic E-state index is 13.8. The molecule has 3 rings (SSSR count). The van der Waals surface area contributed by atoms with E-state index in [9.17, 15) is 14.0 Å². The highest BCUT2D eigenvalue weighted by Gasteiger charge is 2.17. The second-order valence-corrected chi connectivity index (χ2v) is 7.31. The number of nitrogens with one attached hydrogen (secondary N) is 2. The fourth-order valence-electron chi connectivity index (χ4n) is 3.19. The summed E-state index contributed by atoms with van der Waals surface area (Å²) < 4.78 is 35.1. The molecule has 2 aliphatic heterocycles. The number of carbonyl (C=O) groups excluding carboxylic acids is 2. The molecule has 1 aromatic carbocycles. The van der Waals surface area contributed by atoms with Gasteiger partial charge in [-0.1, -0.05) is 0 Å². The molecule has 2 aliphatic rings. The van der Waals surface area contributed by atoms with Gasteiger partial charge in [-0.05, 0) is 31.0 Å². The molecule has 2 heterocycles. The van der Waals surface area contributed by atoms with Crippen molar-refractivity contribution in [3.63, 3.8) is 0 Å². The smallest absolute Gasteiger partial charge is 0.250 e. The lowest BCUT2D eigenvalue weighted by atomic mass is 10.1. The Labute approximate surface area is 169 Å². The number of benzene rings is 1. The molecule has 9 heteroatoms. The van der Waals surface area contributed by atoms with Crippen molar-refractivity contribution in [3.05, 3.63) is 24.0 Å². The van der Waals surface area contributed by atoms with Crippen molar-refractivity contribution < 1.29 is 32.9 Å². The van der Waals surface area contributed by atoms with Crippen LogP contribution in [0, 0.1) is 17.7 Å². The van der Waals surface area contributed by atoms with Gasteiger partial charge < -0.3 is 29.6 Å². The Hall–Kier alpha value is -2.07. The Kier molecular flexibility index (Phi) is 8.36. The lowest BCUT2D eigenvalue weighted by Crippen LogP contribution is -2.22. The van der Waals surface area contributed by atoms with Gasteiger partial charge in [-0.3, -0.25) is 9.59 Å². The minimum atomic E-state index is -0.578. The van der Waals surface area contributed by atoms with Crippen LogP contribution < -0.4 is 10.6 Å². The Morgan fingerprint density at radius 1 is 0.897 bits per heavy atom. The normalized spacial score (nSPS) is 21.3. The molecule has 0 saturated carbocycles. The summed E-state index contributed by atoms with van der Waals surface area (Å²) in [6, 6.07) is 3.83. The van der Waals surface area contributed by atoms with E-state index in [-0.39, 0.29) is 24.6 Å². The standard InChI is InChI=1S/C20H27FN2O6/c21-16-5-17(22-19(24)12-28-10-14-1-3-26-8-14)7-18(6-16)23-20(25)13-29-11-15-2-4-27-9-15/h5-7,14-15H,1-4,8-13H2,(H,22,24)(H,23,25). The van der Waals surface area contributed by atoms with Gasteiger partial charge in [0.25, 0.3) is 0 Å².